The van der Waals surface area contributed by atoms with Crippen molar-refractivity contribution in [2.45, 2.75) is 51.8 Å². The molecule has 5 heteroatoms. The predicted octanol–water partition coefficient (Wildman–Crippen LogP) is 1.27. The van der Waals surface area contributed by atoms with Gasteiger partial charge in [-0.15, -0.1) is 0 Å². The molecular weight excluding hydrogens is 232 g/mol. The van der Waals surface area contributed by atoms with Crippen molar-refractivity contribution in [3.63, 3.8) is 0 Å². The van der Waals surface area contributed by atoms with Crippen LogP contribution in [-0.2, 0) is 9.53 Å². The first-order valence-electron chi connectivity index (χ1n) is 6.52. The smallest absolute Gasteiger partial charge is 0.411 e. The SMILES string of the molecule is CC(=O)C1CN2CCC(C2)N1C(=O)OC(C)(C)C. The molecule has 0 radical (unpaired) electrons. The number of carbonyl (C=O) groups is 2. The summed E-state index contributed by atoms with van der Waals surface area (Å²) in [5, 5.41) is 0. The maximum absolute atomic E-state index is 12.2. The van der Waals surface area contributed by atoms with Gasteiger partial charge in [-0.2, -0.15) is 0 Å². The van der Waals surface area contributed by atoms with Crippen molar-refractivity contribution < 1.29 is 14.3 Å². The van der Waals surface area contributed by atoms with Crippen molar-refractivity contribution in [2.24, 2.45) is 0 Å². The quantitative estimate of drug-likeness (QED) is 0.707. The zero-order valence-corrected chi connectivity index (χ0v) is 11.6. The summed E-state index contributed by atoms with van der Waals surface area (Å²) in [6.45, 7) is 9.56. The molecule has 2 aliphatic rings. The van der Waals surface area contributed by atoms with Gasteiger partial charge >= 0.3 is 6.09 Å². The van der Waals surface area contributed by atoms with Crippen molar-refractivity contribution in [1.82, 2.24) is 9.80 Å². The van der Waals surface area contributed by atoms with Crippen molar-refractivity contribution in [3.05, 3.63) is 0 Å². The van der Waals surface area contributed by atoms with Crippen LogP contribution in [0.5, 0.6) is 0 Å². The zero-order chi connectivity index (χ0) is 13.5. The van der Waals surface area contributed by atoms with Gasteiger partial charge in [-0.25, -0.2) is 4.79 Å². The highest BCUT2D eigenvalue weighted by molar-refractivity contribution is 5.86. The van der Waals surface area contributed by atoms with Crippen LogP contribution < -0.4 is 0 Å². The molecule has 1 amide bonds. The van der Waals surface area contributed by atoms with Gasteiger partial charge in [0.15, 0.2) is 5.78 Å². The molecule has 2 rings (SSSR count). The summed E-state index contributed by atoms with van der Waals surface area (Å²) in [5.41, 5.74) is -0.520. The molecule has 0 aromatic carbocycles. The van der Waals surface area contributed by atoms with E-state index in [9.17, 15) is 9.59 Å². The number of piperazine rings is 1. The van der Waals surface area contributed by atoms with Gasteiger partial charge in [-0.1, -0.05) is 0 Å². The van der Waals surface area contributed by atoms with Gasteiger partial charge in [0, 0.05) is 25.7 Å². The van der Waals surface area contributed by atoms with E-state index in [0.717, 1.165) is 19.5 Å². The maximum Gasteiger partial charge on any atom is 0.411 e. The number of ketones is 1. The highest BCUT2D eigenvalue weighted by Gasteiger charge is 2.44. The van der Waals surface area contributed by atoms with Crippen LogP contribution in [0.4, 0.5) is 4.79 Å². The number of hydrogen-bond donors (Lipinski definition) is 0. The van der Waals surface area contributed by atoms with E-state index >= 15 is 0 Å². The van der Waals surface area contributed by atoms with E-state index in [1.54, 1.807) is 11.8 Å². The van der Waals surface area contributed by atoms with E-state index in [1.165, 1.54) is 0 Å². The van der Waals surface area contributed by atoms with E-state index in [1.807, 2.05) is 20.8 Å². The summed E-state index contributed by atoms with van der Waals surface area (Å²) in [7, 11) is 0. The summed E-state index contributed by atoms with van der Waals surface area (Å²) in [5.74, 6) is 0.0393. The monoisotopic (exact) mass is 254 g/mol. The van der Waals surface area contributed by atoms with Crippen molar-refractivity contribution in [2.75, 3.05) is 19.6 Å². The van der Waals surface area contributed by atoms with Crippen LogP contribution in [-0.4, -0.2) is 59.0 Å². The molecule has 18 heavy (non-hydrogen) atoms. The number of amides is 1. The lowest BCUT2D eigenvalue weighted by molar-refractivity contribution is -0.124. The molecular formula is C13H22N2O3. The summed E-state index contributed by atoms with van der Waals surface area (Å²) >= 11 is 0. The third kappa shape index (κ3) is 2.66. The Balaban J connectivity index is 2.16. The predicted molar refractivity (Wildman–Crippen MR) is 67.4 cm³/mol. The molecule has 0 saturated carbocycles. The molecule has 2 heterocycles. The number of nitrogens with zero attached hydrogens (tertiary/aromatic N) is 2. The Morgan fingerprint density at radius 1 is 1.22 bits per heavy atom. The Morgan fingerprint density at radius 3 is 2.44 bits per heavy atom. The minimum atomic E-state index is -0.520. The van der Waals surface area contributed by atoms with Crippen molar-refractivity contribution >= 4 is 11.9 Å². The van der Waals surface area contributed by atoms with Gasteiger partial charge < -0.3 is 4.74 Å². The summed E-state index contributed by atoms with van der Waals surface area (Å²) < 4.78 is 5.42. The van der Waals surface area contributed by atoms with Crippen molar-refractivity contribution in [3.8, 4) is 0 Å². The Labute approximate surface area is 108 Å². The summed E-state index contributed by atoms with van der Waals surface area (Å²) in [4.78, 5) is 27.9. The second kappa shape index (κ2) is 4.53. The highest BCUT2D eigenvalue weighted by Crippen LogP contribution is 2.27. The van der Waals surface area contributed by atoms with Gasteiger partial charge in [0.1, 0.15) is 11.6 Å². The normalized spacial score (nSPS) is 31.3. The van der Waals surface area contributed by atoms with Crippen molar-refractivity contribution in [1.29, 1.82) is 0 Å². The fourth-order valence-electron chi connectivity index (χ4n) is 2.71. The van der Waals surface area contributed by atoms with Crippen LogP contribution in [0.1, 0.15) is 34.1 Å². The molecule has 2 fully saturated rings. The van der Waals surface area contributed by atoms with E-state index in [2.05, 4.69) is 4.90 Å². The Morgan fingerprint density at radius 2 is 1.89 bits per heavy atom. The second-order valence-corrected chi connectivity index (χ2v) is 6.22. The van der Waals surface area contributed by atoms with E-state index in [0.29, 0.717) is 6.54 Å². The number of ether oxygens (including phenoxy) is 1. The van der Waals surface area contributed by atoms with Gasteiger partial charge in [-0.05, 0) is 34.1 Å². The average molecular weight is 254 g/mol. The Hall–Kier alpha value is -1.10. The molecule has 3 atom stereocenters. The van der Waals surface area contributed by atoms with Crippen LogP contribution in [0.15, 0.2) is 0 Å². The van der Waals surface area contributed by atoms with Gasteiger partial charge in [0.05, 0.1) is 0 Å². The van der Waals surface area contributed by atoms with Gasteiger partial charge in [0.25, 0.3) is 0 Å². The maximum atomic E-state index is 12.2. The first-order chi connectivity index (χ1) is 8.28. The third-order valence-corrected chi connectivity index (χ3v) is 3.48. The lowest BCUT2D eigenvalue weighted by atomic mass is 10.1. The van der Waals surface area contributed by atoms with Crippen LogP contribution >= 0.6 is 0 Å². The molecule has 2 bridgehead atoms. The lowest BCUT2D eigenvalue weighted by Gasteiger charge is -2.40. The average Bonchev–Trinajstić information content (AvgIpc) is 2.56. The zero-order valence-electron chi connectivity index (χ0n) is 11.6. The Bertz CT molecular complexity index is 362. The largest absolute Gasteiger partial charge is 0.444 e. The standard InChI is InChI=1S/C13H22N2O3/c1-9(16)11-8-14-6-5-10(7-14)15(11)12(17)18-13(2,3)4/h10-11H,5-8H2,1-4H3. The topological polar surface area (TPSA) is 49.9 Å². The summed E-state index contributed by atoms with van der Waals surface area (Å²) in [6, 6.07) is -0.219. The van der Waals surface area contributed by atoms with E-state index < -0.39 is 5.60 Å². The molecule has 0 aromatic rings. The summed E-state index contributed by atoms with van der Waals surface area (Å²) in [6.07, 6.45) is 0.581. The minimum Gasteiger partial charge on any atom is -0.444 e. The number of Topliss-reactive ketones (excluding diaryl/α,β-unsaturated/α-hetero) is 1. The molecule has 0 aliphatic carbocycles. The molecule has 102 valence electrons. The van der Waals surface area contributed by atoms with E-state index in [-0.39, 0.29) is 24.0 Å². The van der Waals surface area contributed by atoms with Crippen LogP contribution in [0.2, 0.25) is 0 Å². The molecule has 2 saturated heterocycles. The fraction of sp³-hybridized carbons (Fsp3) is 0.846. The fourth-order valence-corrected chi connectivity index (χ4v) is 2.71. The second-order valence-electron chi connectivity index (χ2n) is 6.22. The van der Waals surface area contributed by atoms with Crippen LogP contribution in [0, 0.1) is 0 Å². The lowest BCUT2D eigenvalue weighted by Crippen LogP contribution is -2.59. The Kier molecular flexibility index (Phi) is 3.36. The highest BCUT2D eigenvalue weighted by atomic mass is 16.6. The first-order valence-corrected chi connectivity index (χ1v) is 6.52. The molecule has 5 nitrogen and oxygen atoms in total. The number of rotatable bonds is 1. The first kappa shape index (κ1) is 13.3. The third-order valence-electron chi connectivity index (χ3n) is 3.48. The molecule has 0 aromatic heterocycles. The number of carbonyl (C=O) groups excluding carboxylic acids is 2. The molecule has 2 aliphatic heterocycles. The minimum absolute atomic E-state index is 0.0393. The van der Waals surface area contributed by atoms with Gasteiger partial charge in [0.2, 0.25) is 0 Å². The molecule has 3 unspecified atom stereocenters. The molecule has 0 spiro atoms. The number of hydrogen-bond acceptors (Lipinski definition) is 4. The van der Waals surface area contributed by atoms with Crippen LogP contribution in [0.25, 0.3) is 0 Å². The van der Waals surface area contributed by atoms with Gasteiger partial charge in [-0.3, -0.25) is 14.6 Å². The van der Waals surface area contributed by atoms with Crippen LogP contribution in [0.3, 0.4) is 0 Å². The molecule has 0 N–H and O–H groups in total. The van der Waals surface area contributed by atoms with E-state index in [4.69, 9.17) is 4.74 Å². The number of fused-ring (bicyclic) bond motifs is 2.